The molecule has 0 rings (SSSR count). The Hall–Kier alpha value is -1.03. The van der Waals surface area contributed by atoms with E-state index in [1.54, 1.807) is 13.8 Å². The second-order valence-corrected chi connectivity index (χ2v) is 2.02. The van der Waals surface area contributed by atoms with E-state index in [4.69, 9.17) is 14.9 Å². The number of aliphatic hydroxyl groups excluding tert-OH is 1. The minimum Gasteiger partial charge on any atom is -0.502 e. The Morgan fingerprint density at radius 3 is 2.55 bits per heavy atom. The van der Waals surface area contributed by atoms with Gasteiger partial charge >= 0.3 is 5.97 Å². The molecular formula is C7H12O4. The van der Waals surface area contributed by atoms with Gasteiger partial charge in [0.15, 0.2) is 5.76 Å². The molecule has 0 aliphatic rings. The van der Waals surface area contributed by atoms with Crippen LogP contribution in [0.4, 0.5) is 0 Å². The fourth-order valence-electron chi connectivity index (χ4n) is 0.605. The highest BCUT2D eigenvalue weighted by atomic mass is 16.5. The van der Waals surface area contributed by atoms with Crippen molar-refractivity contribution in [3.63, 3.8) is 0 Å². The Bertz CT molecular complexity index is 162. The van der Waals surface area contributed by atoms with E-state index in [1.165, 1.54) is 0 Å². The van der Waals surface area contributed by atoms with Crippen molar-refractivity contribution < 1.29 is 19.7 Å². The molecule has 0 radical (unpaired) electrons. The maximum absolute atomic E-state index is 10.1. The molecule has 1 atom stereocenters. The van der Waals surface area contributed by atoms with Crippen LogP contribution in [-0.2, 0) is 9.53 Å². The summed E-state index contributed by atoms with van der Waals surface area (Å²) in [6.45, 7) is 3.94. The number of ether oxygens (including phenoxy) is 1. The second-order valence-electron chi connectivity index (χ2n) is 2.02. The minimum absolute atomic E-state index is 0.365. The van der Waals surface area contributed by atoms with Gasteiger partial charge in [-0.25, -0.2) is 4.79 Å². The van der Waals surface area contributed by atoms with Gasteiger partial charge in [-0.1, -0.05) is 0 Å². The Morgan fingerprint density at radius 1 is 1.64 bits per heavy atom. The fraction of sp³-hybridized carbons (Fsp3) is 0.571. The summed E-state index contributed by atoms with van der Waals surface area (Å²) in [7, 11) is 0. The average Bonchev–Trinajstić information content (AvgIpc) is 1.87. The SMILES string of the molecule is CCOC(C)/C=C(\O)C(=O)O. The van der Waals surface area contributed by atoms with Gasteiger partial charge in [-0.05, 0) is 19.9 Å². The number of hydrogen-bond donors (Lipinski definition) is 2. The van der Waals surface area contributed by atoms with E-state index in [2.05, 4.69) is 0 Å². The summed E-state index contributed by atoms with van der Waals surface area (Å²) in [5.74, 6) is -2.01. The lowest BCUT2D eigenvalue weighted by molar-refractivity contribution is -0.135. The lowest BCUT2D eigenvalue weighted by Crippen LogP contribution is -2.08. The first-order valence-electron chi connectivity index (χ1n) is 3.33. The zero-order chi connectivity index (χ0) is 8.85. The highest BCUT2D eigenvalue weighted by Crippen LogP contribution is 1.97. The second kappa shape index (κ2) is 4.73. The van der Waals surface area contributed by atoms with Gasteiger partial charge in [0.2, 0.25) is 0 Å². The van der Waals surface area contributed by atoms with E-state index in [1.807, 2.05) is 0 Å². The Labute approximate surface area is 65.1 Å². The Balaban J connectivity index is 3.96. The highest BCUT2D eigenvalue weighted by Gasteiger charge is 2.05. The van der Waals surface area contributed by atoms with Crippen LogP contribution in [0.1, 0.15) is 13.8 Å². The van der Waals surface area contributed by atoms with E-state index in [0.717, 1.165) is 6.08 Å². The lowest BCUT2D eigenvalue weighted by Gasteiger charge is -2.04. The summed E-state index contributed by atoms with van der Waals surface area (Å²) in [5.41, 5.74) is 0. The molecule has 0 amide bonds. The van der Waals surface area contributed by atoms with Crippen molar-refractivity contribution in [2.45, 2.75) is 20.0 Å². The lowest BCUT2D eigenvalue weighted by atomic mass is 10.3. The monoisotopic (exact) mass is 160 g/mol. The van der Waals surface area contributed by atoms with E-state index in [-0.39, 0.29) is 6.10 Å². The summed E-state index contributed by atoms with van der Waals surface area (Å²) >= 11 is 0. The molecule has 0 heterocycles. The molecule has 4 nitrogen and oxygen atoms in total. The third-order valence-corrected chi connectivity index (χ3v) is 1.04. The molecule has 0 saturated heterocycles. The largest absolute Gasteiger partial charge is 0.502 e. The fourth-order valence-corrected chi connectivity index (χ4v) is 0.605. The number of aliphatic hydroxyl groups is 1. The van der Waals surface area contributed by atoms with Crippen molar-refractivity contribution in [3.05, 3.63) is 11.8 Å². The zero-order valence-corrected chi connectivity index (χ0v) is 6.57. The van der Waals surface area contributed by atoms with Gasteiger partial charge in [-0.15, -0.1) is 0 Å². The predicted molar refractivity (Wildman–Crippen MR) is 39.4 cm³/mol. The maximum Gasteiger partial charge on any atom is 0.370 e. The Morgan fingerprint density at radius 2 is 2.18 bits per heavy atom. The summed E-state index contributed by atoms with van der Waals surface area (Å²) in [5, 5.41) is 16.9. The first-order valence-corrected chi connectivity index (χ1v) is 3.33. The molecule has 0 aliphatic carbocycles. The third kappa shape index (κ3) is 4.38. The van der Waals surface area contributed by atoms with Crippen LogP contribution < -0.4 is 0 Å². The molecule has 0 spiro atoms. The maximum atomic E-state index is 10.1. The van der Waals surface area contributed by atoms with Crippen molar-refractivity contribution in [3.8, 4) is 0 Å². The van der Waals surface area contributed by atoms with Crippen LogP contribution in [0.5, 0.6) is 0 Å². The molecule has 2 N–H and O–H groups in total. The number of hydrogen-bond acceptors (Lipinski definition) is 3. The number of aliphatic carboxylic acids is 1. The van der Waals surface area contributed by atoms with Crippen LogP contribution in [0.3, 0.4) is 0 Å². The number of rotatable bonds is 4. The van der Waals surface area contributed by atoms with Gasteiger partial charge in [0.1, 0.15) is 0 Å². The Kier molecular flexibility index (Phi) is 4.29. The van der Waals surface area contributed by atoms with E-state index in [0.29, 0.717) is 6.61 Å². The molecule has 0 fully saturated rings. The zero-order valence-electron chi connectivity index (χ0n) is 6.57. The quantitative estimate of drug-likeness (QED) is 0.474. The molecule has 0 saturated carbocycles. The van der Waals surface area contributed by atoms with Crippen LogP contribution in [0.15, 0.2) is 11.8 Å². The highest BCUT2D eigenvalue weighted by molar-refractivity contribution is 5.83. The van der Waals surface area contributed by atoms with Crippen molar-refractivity contribution in [2.75, 3.05) is 6.61 Å². The molecule has 11 heavy (non-hydrogen) atoms. The number of carboxylic acid groups (broad SMARTS) is 1. The molecule has 0 aromatic carbocycles. The van der Waals surface area contributed by atoms with Crippen LogP contribution >= 0.6 is 0 Å². The van der Waals surface area contributed by atoms with E-state index < -0.39 is 11.7 Å². The molecule has 0 bridgehead atoms. The minimum atomic E-state index is -1.34. The topological polar surface area (TPSA) is 66.8 Å². The molecule has 1 unspecified atom stereocenters. The average molecular weight is 160 g/mol. The molecular weight excluding hydrogens is 148 g/mol. The van der Waals surface area contributed by atoms with Crippen molar-refractivity contribution in [1.29, 1.82) is 0 Å². The first kappa shape index (κ1) is 9.97. The molecule has 64 valence electrons. The van der Waals surface area contributed by atoms with Crippen LogP contribution in [0.25, 0.3) is 0 Å². The van der Waals surface area contributed by atoms with Gasteiger partial charge in [-0.2, -0.15) is 0 Å². The van der Waals surface area contributed by atoms with E-state index >= 15 is 0 Å². The van der Waals surface area contributed by atoms with Gasteiger partial charge in [0.25, 0.3) is 0 Å². The van der Waals surface area contributed by atoms with Crippen LogP contribution in [0, 0.1) is 0 Å². The third-order valence-electron chi connectivity index (χ3n) is 1.04. The first-order chi connectivity index (χ1) is 5.07. The van der Waals surface area contributed by atoms with Gasteiger partial charge in [-0.3, -0.25) is 0 Å². The smallest absolute Gasteiger partial charge is 0.370 e. The molecule has 0 aliphatic heterocycles. The van der Waals surface area contributed by atoms with Gasteiger partial charge in [0, 0.05) is 6.61 Å². The van der Waals surface area contributed by atoms with Crippen molar-refractivity contribution in [1.82, 2.24) is 0 Å². The standard InChI is InChI=1S/C7H12O4/c1-3-11-5(2)4-6(8)7(9)10/h4-5,8H,3H2,1-2H3,(H,9,10)/b6-4-. The van der Waals surface area contributed by atoms with Crippen molar-refractivity contribution >= 4 is 5.97 Å². The summed E-state index contributed by atoms with van der Waals surface area (Å²) < 4.78 is 4.96. The molecule has 4 heteroatoms. The van der Waals surface area contributed by atoms with Gasteiger partial charge < -0.3 is 14.9 Å². The van der Waals surface area contributed by atoms with Crippen molar-refractivity contribution in [2.24, 2.45) is 0 Å². The number of carboxylic acids is 1. The predicted octanol–water partition coefficient (Wildman–Crippen LogP) is 0.938. The molecule has 0 aromatic rings. The van der Waals surface area contributed by atoms with E-state index in [9.17, 15) is 4.79 Å². The summed E-state index contributed by atoms with van der Waals surface area (Å²) in [6.07, 6.45) is 0.780. The summed E-state index contributed by atoms with van der Waals surface area (Å²) in [4.78, 5) is 10.1. The van der Waals surface area contributed by atoms with Gasteiger partial charge in [0.05, 0.1) is 6.10 Å². The normalized spacial score (nSPS) is 14.5. The molecule has 0 aromatic heterocycles. The summed E-state index contributed by atoms with van der Waals surface area (Å²) in [6, 6.07) is 0. The number of carbonyl (C=O) groups is 1. The van der Waals surface area contributed by atoms with Crippen LogP contribution in [0.2, 0.25) is 0 Å². The van der Waals surface area contributed by atoms with Crippen LogP contribution in [-0.4, -0.2) is 28.9 Å².